The van der Waals surface area contributed by atoms with Gasteiger partial charge in [0.05, 0.1) is 18.2 Å². The molecule has 1 amide bonds. The first-order chi connectivity index (χ1) is 14.3. The number of carbonyl (C=O) groups is 1. The molecule has 5 nitrogen and oxygen atoms in total. The van der Waals surface area contributed by atoms with E-state index in [0.717, 1.165) is 12.1 Å². The number of aromatic hydroxyl groups is 1. The lowest BCUT2D eigenvalue weighted by molar-refractivity contribution is -0.137. The van der Waals surface area contributed by atoms with Crippen molar-refractivity contribution in [2.24, 2.45) is 0 Å². The monoisotopic (exact) mass is 414 g/mol. The third-order valence-electron chi connectivity index (χ3n) is 4.92. The normalized spacial score (nSPS) is 16.1. The van der Waals surface area contributed by atoms with Crippen molar-refractivity contribution in [3.63, 3.8) is 0 Å². The van der Waals surface area contributed by atoms with Gasteiger partial charge >= 0.3 is 6.18 Å². The van der Waals surface area contributed by atoms with Crippen LogP contribution in [-0.2, 0) is 6.18 Å². The van der Waals surface area contributed by atoms with E-state index in [2.05, 4.69) is 5.32 Å². The first kappa shape index (κ1) is 19.6. The van der Waals surface area contributed by atoms with Crippen molar-refractivity contribution < 1.29 is 27.8 Å². The number of amides is 1. The lowest BCUT2D eigenvalue weighted by atomic mass is 10.0. The average Bonchev–Trinajstić information content (AvgIpc) is 2.73. The Hall–Kier alpha value is -3.68. The van der Waals surface area contributed by atoms with Gasteiger partial charge in [-0.15, -0.1) is 0 Å². The molecule has 1 aliphatic rings. The van der Waals surface area contributed by atoms with E-state index in [4.69, 9.17) is 4.74 Å². The molecule has 2 N–H and O–H groups in total. The zero-order valence-electron chi connectivity index (χ0n) is 15.8. The summed E-state index contributed by atoms with van der Waals surface area (Å²) < 4.78 is 45.0. The molecule has 0 saturated carbocycles. The quantitative estimate of drug-likeness (QED) is 0.619. The molecule has 0 aromatic heterocycles. The highest BCUT2D eigenvalue weighted by Crippen LogP contribution is 2.43. The number of hydrogen-bond acceptors (Lipinski definition) is 4. The molecule has 0 fully saturated rings. The van der Waals surface area contributed by atoms with Gasteiger partial charge in [-0.05, 0) is 36.4 Å². The number of benzene rings is 3. The molecule has 0 spiro atoms. The molecule has 3 aromatic rings. The maximum absolute atomic E-state index is 13.3. The van der Waals surface area contributed by atoms with Crippen LogP contribution in [0.2, 0.25) is 0 Å². The highest BCUT2D eigenvalue weighted by molar-refractivity contribution is 6.12. The molecule has 0 saturated heterocycles. The Kier molecular flexibility index (Phi) is 4.77. The molecule has 8 heteroatoms. The minimum atomic E-state index is -4.56. The van der Waals surface area contributed by atoms with Gasteiger partial charge in [-0.2, -0.15) is 13.2 Å². The number of methoxy groups -OCH3 is 1. The molecular weight excluding hydrogens is 397 g/mol. The SMILES string of the molecule is COc1cccc(C2Nc3ccccc3C(=O)N2c2cccc(C(F)(F)F)c2)c1O. The number of ether oxygens (including phenoxy) is 1. The van der Waals surface area contributed by atoms with E-state index in [1.807, 2.05) is 0 Å². The van der Waals surface area contributed by atoms with Crippen LogP contribution in [0.25, 0.3) is 0 Å². The van der Waals surface area contributed by atoms with Crippen molar-refractivity contribution >= 4 is 17.3 Å². The fraction of sp³-hybridized carbons (Fsp3) is 0.136. The first-order valence-electron chi connectivity index (χ1n) is 9.03. The molecular formula is C22H17F3N2O3. The van der Waals surface area contributed by atoms with Crippen LogP contribution in [-0.4, -0.2) is 18.1 Å². The van der Waals surface area contributed by atoms with E-state index >= 15 is 0 Å². The molecule has 0 radical (unpaired) electrons. The second-order valence-corrected chi connectivity index (χ2v) is 6.71. The molecule has 1 aliphatic heterocycles. The zero-order chi connectivity index (χ0) is 21.5. The summed E-state index contributed by atoms with van der Waals surface area (Å²) in [6.45, 7) is 0. The number of phenolic OH excluding ortho intramolecular Hbond substituents is 1. The average molecular weight is 414 g/mol. The second kappa shape index (κ2) is 7.29. The van der Waals surface area contributed by atoms with Crippen LogP contribution in [0.5, 0.6) is 11.5 Å². The number of phenols is 1. The fourth-order valence-electron chi connectivity index (χ4n) is 3.49. The summed E-state index contributed by atoms with van der Waals surface area (Å²) in [6, 6.07) is 16.0. The van der Waals surface area contributed by atoms with Crippen LogP contribution in [0.15, 0.2) is 66.7 Å². The van der Waals surface area contributed by atoms with Crippen LogP contribution < -0.4 is 15.0 Å². The highest BCUT2D eigenvalue weighted by atomic mass is 19.4. The van der Waals surface area contributed by atoms with E-state index in [-0.39, 0.29) is 22.7 Å². The molecule has 30 heavy (non-hydrogen) atoms. The standard InChI is InChI=1S/C22H17F3N2O3/c1-30-18-11-5-9-16(19(18)28)20-26-17-10-3-2-8-15(17)21(29)27(20)14-7-4-6-13(12-14)22(23,24)25/h2-12,20,26,28H,1H3. The van der Waals surface area contributed by atoms with Crippen LogP contribution in [0.1, 0.15) is 27.7 Å². The summed E-state index contributed by atoms with van der Waals surface area (Å²) in [5.74, 6) is -0.512. The number of alkyl halides is 3. The number of halogens is 3. The summed E-state index contributed by atoms with van der Waals surface area (Å²) in [6.07, 6.45) is -5.51. The Balaban J connectivity index is 1.90. The van der Waals surface area contributed by atoms with Gasteiger partial charge in [0.25, 0.3) is 5.91 Å². The number of nitrogens with zero attached hydrogens (tertiary/aromatic N) is 1. The molecule has 3 aromatic carbocycles. The van der Waals surface area contributed by atoms with Crippen molar-refractivity contribution in [2.45, 2.75) is 12.3 Å². The van der Waals surface area contributed by atoms with Crippen molar-refractivity contribution in [3.05, 3.63) is 83.4 Å². The van der Waals surface area contributed by atoms with Crippen molar-refractivity contribution in [3.8, 4) is 11.5 Å². The highest BCUT2D eigenvalue weighted by Gasteiger charge is 2.37. The number of fused-ring (bicyclic) bond motifs is 1. The smallest absolute Gasteiger partial charge is 0.416 e. The summed E-state index contributed by atoms with van der Waals surface area (Å²) in [7, 11) is 1.39. The van der Waals surface area contributed by atoms with Gasteiger partial charge in [-0.3, -0.25) is 9.69 Å². The third-order valence-corrected chi connectivity index (χ3v) is 4.92. The molecule has 0 bridgehead atoms. The maximum atomic E-state index is 13.3. The van der Waals surface area contributed by atoms with Crippen LogP contribution in [0, 0.1) is 0 Å². The van der Waals surface area contributed by atoms with Crippen molar-refractivity contribution in [1.29, 1.82) is 0 Å². The lowest BCUT2D eigenvalue weighted by Crippen LogP contribution is -2.43. The summed E-state index contributed by atoms with van der Waals surface area (Å²) in [5.41, 5.74) is 0.283. The number of anilines is 2. The van der Waals surface area contributed by atoms with Gasteiger partial charge in [0, 0.05) is 16.9 Å². The molecule has 1 heterocycles. The summed E-state index contributed by atoms with van der Waals surface area (Å²) in [4.78, 5) is 14.5. The Bertz CT molecular complexity index is 1110. The van der Waals surface area contributed by atoms with Crippen LogP contribution in [0.3, 0.4) is 0 Å². The van der Waals surface area contributed by atoms with Gasteiger partial charge in [0.15, 0.2) is 11.5 Å². The largest absolute Gasteiger partial charge is 0.504 e. The van der Waals surface area contributed by atoms with Crippen LogP contribution in [0.4, 0.5) is 24.5 Å². The number of hydrogen-bond donors (Lipinski definition) is 2. The third kappa shape index (κ3) is 3.30. The summed E-state index contributed by atoms with van der Waals surface area (Å²) >= 11 is 0. The molecule has 0 aliphatic carbocycles. The molecule has 4 rings (SSSR count). The minimum Gasteiger partial charge on any atom is -0.504 e. The zero-order valence-corrected chi connectivity index (χ0v) is 15.8. The second-order valence-electron chi connectivity index (χ2n) is 6.71. The lowest BCUT2D eigenvalue weighted by Gasteiger charge is -2.38. The Morgan fingerprint density at radius 3 is 2.50 bits per heavy atom. The van der Waals surface area contributed by atoms with E-state index in [1.54, 1.807) is 42.5 Å². The molecule has 154 valence electrons. The van der Waals surface area contributed by atoms with Gasteiger partial charge in [0.1, 0.15) is 6.17 Å². The van der Waals surface area contributed by atoms with E-state index in [1.165, 1.54) is 24.1 Å². The van der Waals surface area contributed by atoms with Crippen molar-refractivity contribution in [2.75, 3.05) is 17.3 Å². The Morgan fingerprint density at radius 1 is 1.03 bits per heavy atom. The minimum absolute atomic E-state index is 0.0454. The number of rotatable bonds is 3. The van der Waals surface area contributed by atoms with Crippen LogP contribution >= 0.6 is 0 Å². The predicted molar refractivity (Wildman–Crippen MR) is 106 cm³/mol. The Morgan fingerprint density at radius 2 is 1.77 bits per heavy atom. The summed E-state index contributed by atoms with van der Waals surface area (Å²) in [5, 5.41) is 13.8. The fourth-order valence-corrected chi connectivity index (χ4v) is 3.49. The number of para-hydroxylation sites is 2. The van der Waals surface area contributed by atoms with Gasteiger partial charge in [0.2, 0.25) is 0 Å². The van der Waals surface area contributed by atoms with E-state index < -0.39 is 23.8 Å². The maximum Gasteiger partial charge on any atom is 0.416 e. The number of carbonyl (C=O) groups excluding carboxylic acids is 1. The van der Waals surface area contributed by atoms with Gasteiger partial charge in [-0.1, -0.05) is 30.3 Å². The van der Waals surface area contributed by atoms with Crippen molar-refractivity contribution in [1.82, 2.24) is 0 Å². The topological polar surface area (TPSA) is 61.8 Å². The first-order valence-corrected chi connectivity index (χ1v) is 9.03. The predicted octanol–water partition coefficient (Wildman–Crippen LogP) is 5.19. The molecule has 1 atom stereocenters. The van der Waals surface area contributed by atoms with Gasteiger partial charge in [-0.25, -0.2) is 0 Å². The van der Waals surface area contributed by atoms with Gasteiger partial charge < -0.3 is 15.2 Å². The number of nitrogens with one attached hydrogen (secondary N) is 1. The van der Waals surface area contributed by atoms with E-state index in [0.29, 0.717) is 11.3 Å². The molecule has 1 unspecified atom stereocenters. The van der Waals surface area contributed by atoms with E-state index in [9.17, 15) is 23.1 Å². The Labute approximate surface area is 170 Å².